The van der Waals surface area contributed by atoms with Crippen LogP contribution in [-0.4, -0.2) is 22.6 Å². The number of carbonyl (C=O) groups is 1. The van der Waals surface area contributed by atoms with Crippen LogP contribution in [0.4, 0.5) is 22.0 Å². The summed E-state index contributed by atoms with van der Waals surface area (Å²) in [4.78, 5) is 13.3. The molecule has 4 aromatic rings. The van der Waals surface area contributed by atoms with Crippen LogP contribution in [0, 0.1) is 6.92 Å². The largest absolute Gasteiger partial charge is 0.437 e. The monoisotopic (exact) mass is 561 g/mol. The van der Waals surface area contributed by atoms with E-state index in [0.717, 1.165) is 36.6 Å². The van der Waals surface area contributed by atoms with Crippen molar-refractivity contribution in [2.75, 3.05) is 6.54 Å². The molecule has 0 radical (unpaired) electrons. The van der Waals surface area contributed by atoms with E-state index >= 15 is 8.78 Å². The van der Waals surface area contributed by atoms with Crippen molar-refractivity contribution in [1.82, 2.24) is 15.5 Å². The number of fused-ring (bicyclic) bond motifs is 1. The number of ether oxygens (including phenoxy) is 1. The first kappa shape index (κ1) is 26.8. The van der Waals surface area contributed by atoms with E-state index in [2.05, 4.69) is 15.5 Å². The van der Waals surface area contributed by atoms with Crippen molar-refractivity contribution in [1.29, 1.82) is 0 Å². The number of nitrogens with zero attached hydrogens (tertiary/aromatic N) is 2. The van der Waals surface area contributed by atoms with Gasteiger partial charge >= 0.3 is 6.18 Å². The van der Waals surface area contributed by atoms with Crippen molar-refractivity contribution < 1.29 is 31.5 Å². The highest BCUT2D eigenvalue weighted by Crippen LogP contribution is 2.41. The molecule has 0 saturated heterocycles. The van der Waals surface area contributed by atoms with E-state index in [9.17, 15) is 18.0 Å². The second-order valence-electron chi connectivity index (χ2n) is 9.43. The molecule has 1 aliphatic rings. The molecule has 1 amide bonds. The minimum absolute atomic E-state index is 0.147. The molecular weight excluding hydrogens is 541 g/mol. The molecule has 1 fully saturated rings. The smallest absolute Gasteiger partial charge is 0.416 e. The van der Waals surface area contributed by atoms with Crippen LogP contribution in [0.25, 0.3) is 10.9 Å². The van der Waals surface area contributed by atoms with Gasteiger partial charge in [0.1, 0.15) is 11.3 Å². The zero-order chi connectivity index (χ0) is 27.9. The highest BCUT2D eigenvalue weighted by molar-refractivity contribution is 6.31. The van der Waals surface area contributed by atoms with Gasteiger partial charge in [-0.15, -0.1) is 10.2 Å². The maximum Gasteiger partial charge on any atom is 0.416 e. The Balaban J connectivity index is 1.50. The maximum absolute atomic E-state index is 15.0. The Bertz CT molecular complexity index is 1570. The summed E-state index contributed by atoms with van der Waals surface area (Å²) >= 11 is 6.02. The van der Waals surface area contributed by atoms with Gasteiger partial charge in [-0.2, -0.15) is 22.0 Å². The SMILES string of the molecule is Cc1ccc(C(F)(F)CNC(=O)c2c(Oc3cccc(C(F)(F)F)c3)nnc3cc(C4CC4)ccc23)c(Cl)c1. The molecule has 5 nitrogen and oxygen atoms in total. The Morgan fingerprint density at radius 2 is 1.79 bits per heavy atom. The van der Waals surface area contributed by atoms with Gasteiger partial charge in [0.05, 0.1) is 22.6 Å². The summed E-state index contributed by atoms with van der Waals surface area (Å²) in [6, 6.07) is 13.2. The Morgan fingerprint density at radius 3 is 2.49 bits per heavy atom. The van der Waals surface area contributed by atoms with Gasteiger partial charge in [-0.25, -0.2) is 0 Å². The lowest BCUT2D eigenvalue weighted by Gasteiger charge is -2.20. The molecule has 0 atom stereocenters. The maximum atomic E-state index is 15.0. The number of alkyl halides is 5. The van der Waals surface area contributed by atoms with Gasteiger partial charge < -0.3 is 10.1 Å². The van der Waals surface area contributed by atoms with Crippen LogP contribution >= 0.6 is 11.6 Å². The molecule has 1 aliphatic carbocycles. The molecule has 3 aromatic carbocycles. The predicted molar refractivity (Wildman–Crippen MR) is 135 cm³/mol. The van der Waals surface area contributed by atoms with Gasteiger partial charge in [-0.05, 0) is 67.1 Å². The third kappa shape index (κ3) is 5.80. The van der Waals surface area contributed by atoms with Crippen molar-refractivity contribution in [2.45, 2.75) is 37.8 Å². The Morgan fingerprint density at radius 1 is 1.03 bits per heavy atom. The average molecular weight is 562 g/mol. The van der Waals surface area contributed by atoms with E-state index in [0.29, 0.717) is 17.0 Å². The van der Waals surface area contributed by atoms with E-state index in [1.54, 1.807) is 25.1 Å². The predicted octanol–water partition coefficient (Wildman–Crippen LogP) is 7.80. The normalized spacial score (nSPS) is 13.9. The lowest BCUT2D eigenvalue weighted by molar-refractivity contribution is -0.137. The summed E-state index contributed by atoms with van der Waals surface area (Å²) in [5.74, 6) is -4.78. The summed E-state index contributed by atoms with van der Waals surface area (Å²) in [7, 11) is 0. The quantitative estimate of drug-likeness (QED) is 0.234. The average Bonchev–Trinajstić information content (AvgIpc) is 3.72. The minimum Gasteiger partial charge on any atom is -0.437 e. The van der Waals surface area contributed by atoms with E-state index in [1.807, 2.05) is 0 Å². The van der Waals surface area contributed by atoms with Crippen molar-refractivity contribution in [3.63, 3.8) is 0 Å². The molecular formula is C28H21ClF5N3O2. The van der Waals surface area contributed by atoms with Crippen molar-refractivity contribution in [3.8, 4) is 11.6 Å². The molecule has 0 spiro atoms. The fourth-order valence-electron chi connectivity index (χ4n) is 4.21. The molecule has 0 bridgehead atoms. The molecule has 1 heterocycles. The van der Waals surface area contributed by atoms with Gasteiger partial charge in [-0.3, -0.25) is 4.79 Å². The molecule has 0 unspecified atom stereocenters. The van der Waals surface area contributed by atoms with Gasteiger partial charge in [0, 0.05) is 10.9 Å². The van der Waals surface area contributed by atoms with Crippen molar-refractivity contribution >= 4 is 28.4 Å². The van der Waals surface area contributed by atoms with Crippen LogP contribution in [0.1, 0.15) is 51.4 Å². The second-order valence-corrected chi connectivity index (χ2v) is 9.84. The standard InChI is InChI=1S/C28H21ClF5N3O2/c1-15-5-10-21(22(29)11-15)27(30,31)14-35-25(38)24-20-9-8-17(16-6-7-16)12-23(20)36-37-26(24)39-19-4-2-3-18(13-19)28(32,33)34/h2-5,8-13,16H,6-7,14H2,1H3,(H,35,38). The van der Waals surface area contributed by atoms with Gasteiger partial charge in [0.15, 0.2) is 0 Å². The Hall–Kier alpha value is -3.79. The topological polar surface area (TPSA) is 64.1 Å². The van der Waals surface area contributed by atoms with E-state index in [1.165, 1.54) is 24.3 Å². The van der Waals surface area contributed by atoms with Crippen molar-refractivity contribution in [3.05, 3.63) is 93.5 Å². The second kappa shape index (κ2) is 10.1. The number of aromatic nitrogens is 2. The fourth-order valence-corrected chi connectivity index (χ4v) is 4.58. The summed E-state index contributed by atoms with van der Waals surface area (Å²) in [6.45, 7) is 0.610. The number of carbonyl (C=O) groups excluding carboxylic acids is 1. The number of aryl methyl sites for hydroxylation is 1. The molecule has 202 valence electrons. The Kier molecular flexibility index (Phi) is 6.92. The Labute approximate surface area is 225 Å². The van der Waals surface area contributed by atoms with Gasteiger partial charge in [0.25, 0.3) is 17.7 Å². The van der Waals surface area contributed by atoms with Crippen LogP contribution in [-0.2, 0) is 12.1 Å². The van der Waals surface area contributed by atoms with E-state index in [4.69, 9.17) is 16.3 Å². The summed E-state index contributed by atoms with van der Waals surface area (Å²) in [5, 5.41) is 10.4. The first-order valence-electron chi connectivity index (χ1n) is 12.0. The number of amides is 1. The highest BCUT2D eigenvalue weighted by Gasteiger charge is 2.35. The van der Waals surface area contributed by atoms with E-state index in [-0.39, 0.29) is 21.7 Å². The zero-order valence-corrected chi connectivity index (χ0v) is 21.2. The number of rotatable bonds is 7. The van der Waals surface area contributed by atoms with Gasteiger partial charge in [-0.1, -0.05) is 41.9 Å². The first-order chi connectivity index (χ1) is 18.4. The molecule has 0 aliphatic heterocycles. The minimum atomic E-state index is -4.63. The lowest BCUT2D eigenvalue weighted by Crippen LogP contribution is -2.35. The number of halogens is 6. The molecule has 39 heavy (non-hydrogen) atoms. The molecule has 5 rings (SSSR count). The van der Waals surface area contributed by atoms with Crippen LogP contribution in [0.5, 0.6) is 11.6 Å². The lowest BCUT2D eigenvalue weighted by atomic mass is 10.0. The number of hydrogen-bond donors (Lipinski definition) is 1. The number of hydrogen-bond acceptors (Lipinski definition) is 4. The van der Waals surface area contributed by atoms with E-state index < -0.39 is 41.6 Å². The van der Waals surface area contributed by atoms with Crippen LogP contribution in [0.2, 0.25) is 5.02 Å². The highest BCUT2D eigenvalue weighted by atomic mass is 35.5. The zero-order valence-electron chi connectivity index (χ0n) is 20.5. The molecule has 1 saturated carbocycles. The molecule has 1 N–H and O–H groups in total. The third-order valence-corrected chi connectivity index (χ3v) is 6.71. The summed E-state index contributed by atoms with van der Waals surface area (Å²) in [5.41, 5.74) is 0.362. The summed E-state index contributed by atoms with van der Waals surface area (Å²) < 4.78 is 75.2. The summed E-state index contributed by atoms with van der Waals surface area (Å²) in [6.07, 6.45) is -2.60. The number of nitrogens with one attached hydrogen (secondary N) is 1. The first-order valence-corrected chi connectivity index (χ1v) is 12.4. The van der Waals surface area contributed by atoms with Gasteiger partial charge in [0.2, 0.25) is 0 Å². The van der Waals surface area contributed by atoms with Crippen molar-refractivity contribution in [2.24, 2.45) is 0 Å². The van der Waals surface area contributed by atoms with Crippen LogP contribution < -0.4 is 10.1 Å². The molecule has 11 heteroatoms. The molecule has 1 aromatic heterocycles. The third-order valence-electron chi connectivity index (χ3n) is 6.39. The number of benzene rings is 3. The fraction of sp³-hybridized carbons (Fsp3) is 0.250. The van der Waals surface area contributed by atoms with Crippen LogP contribution in [0.3, 0.4) is 0 Å². The van der Waals surface area contributed by atoms with Crippen LogP contribution in [0.15, 0.2) is 60.7 Å².